The van der Waals surface area contributed by atoms with Crippen LogP contribution in [-0.2, 0) is 12.7 Å². The number of aromatic nitrogens is 1. The first-order valence-corrected chi connectivity index (χ1v) is 6.64. The number of benzene rings is 1. The lowest BCUT2D eigenvalue weighted by Crippen LogP contribution is -2.10. The Balaban J connectivity index is 2.68. The third-order valence-electron chi connectivity index (χ3n) is 3.33. The third kappa shape index (κ3) is 3.48. The van der Waals surface area contributed by atoms with Gasteiger partial charge in [0.15, 0.2) is 0 Å². The van der Waals surface area contributed by atoms with Gasteiger partial charge in [-0.05, 0) is 24.3 Å². The Labute approximate surface area is 130 Å². The summed E-state index contributed by atoms with van der Waals surface area (Å²) < 4.78 is 46.2. The number of methoxy groups -OCH3 is 1. The molecule has 0 bridgehead atoms. The fourth-order valence-corrected chi connectivity index (χ4v) is 2.27. The number of hydrogen-bond donors (Lipinski definition) is 2. The summed E-state index contributed by atoms with van der Waals surface area (Å²) in [5.74, 6) is -0.693. The molecular formula is C15H15F3N2O3. The monoisotopic (exact) mass is 328 g/mol. The van der Waals surface area contributed by atoms with Gasteiger partial charge in [-0.1, -0.05) is 0 Å². The first-order chi connectivity index (χ1) is 10.8. The fraction of sp³-hybridized carbons (Fsp3) is 0.267. The van der Waals surface area contributed by atoms with E-state index in [9.17, 15) is 18.0 Å². The molecule has 8 heteroatoms. The van der Waals surface area contributed by atoms with Gasteiger partial charge in [0.1, 0.15) is 5.75 Å². The molecule has 0 unspecified atom stereocenters. The van der Waals surface area contributed by atoms with E-state index < -0.39 is 17.6 Å². The van der Waals surface area contributed by atoms with E-state index in [1.807, 2.05) is 0 Å². The number of aliphatic hydroxyl groups excluding tert-OH is 1. The molecular weight excluding hydrogens is 313 g/mol. The van der Waals surface area contributed by atoms with Crippen LogP contribution in [0.4, 0.5) is 13.2 Å². The van der Waals surface area contributed by atoms with Crippen molar-refractivity contribution >= 4 is 5.91 Å². The number of nitrogens with two attached hydrogens (primary N) is 1. The number of primary amides is 1. The van der Waals surface area contributed by atoms with Crippen molar-refractivity contribution in [1.29, 1.82) is 0 Å². The summed E-state index contributed by atoms with van der Waals surface area (Å²) in [6, 6.07) is 4.81. The highest BCUT2D eigenvalue weighted by molar-refractivity contribution is 5.94. The van der Waals surface area contributed by atoms with E-state index in [2.05, 4.69) is 0 Å². The second-order valence-electron chi connectivity index (χ2n) is 4.80. The van der Waals surface area contributed by atoms with Gasteiger partial charge in [-0.25, -0.2) is 0 Å². The smallest absolute Gasteiger partial charge is 0.417 e. The van der Waals surface area contributed by atoms with Gasteiger partial charge in [0.05, 0.1) is 24.8 Å². The topological polar surface area (TPSA) is 77.5 Å². The number of carbonyl (C=O) groups excluding carboxylic acids is 1. The summed E-state index contributed by atoms with van der Waals surface area (Å²) in [5, 5.41) is 9.07. The van der Waals surface area contributed by atoms with Crippen LogP contribution in [0.25, 0.3) is 11.3 Å². The van der Waals surface area contributed by atoms with Crippen LogP contribution in [0.3, 0.4) is 0 Å². The minimum atomic E-state index is -4.61. The zero-order valence-electron chi connectivity index (χ0n) is 12.2. The number of hydrogen-bond acceptors (Lipinski definition) is 3. The van der Waals surface area contributed by atoms with E-state index in [0.717, 1.165) is 6.07 Å². The SMILES string of the molecule is COc1ccc(-c2cc(C(N)=O)cn2CCO)c(C(F)(F)F)c1. The number of ether oxygens (including phenoxy) is 1. The number of rotatable bonds is 5. The molecule has 0 fully saturated rings. The zero-order valence-corrected chi connectivity index (χ0v) is 12.2. The van der Waals surface area contributed by atoms with Gasteiger partial charge in [-0.15, -0.1) is 0 Å². The Morgan fingerprint density at radius 3 is 2.57 bits per heavy atom. The van der Waals surface area contributed by atoms with Crippen molar-refractivity contribution in [2.75, 3.05) is 13.7 Å². The Morgan fingerprint density at radius 2 is 2.04 bits per heavy atom. The Morgan fingerprint density at radius 1 is 1.35 bits per heavy atom. The van der Waals surface area contributed by atoms with Crippen LogP contribution in [0.15, 0.2) is 30.5 Å². The molecule has 3 N–H and O–H groups in total. The van der Waals surface area contributed by atoms with Crippen LogP contribution in [0, 0.1) is 0 Å². The largest absolute Gasteiger partial charge is 0.497 e. The van der Waals surface area contributed by atoms with Gasteiger partial charge in [0.2, 0.25) is 5.91 Å². The van der Waals surface area contributed by atoms with E-state index in [1.54, 1.807) is 0 Å². The van der Waals surface area contributed by atoms with Crippen molar-refractivity contribution in [2.45, 2.75) is 12.7 Å². The maximum absolute atomic E-state index is 13.3. The number of carbonyl (C=O) groups is 1. The quantitative estimate of drug-likeness (QED) is 0.884. The number of halogens is 3. The molecule has 0 saturated carbocycles. The first kappa shape index (κ1) is 16.9. The van der Waals surface area contributed by atoms with Gasteiger partial charge in [-0.2, -0.15) is 13.2 Å². The number of alkyl halides is 3. The highest BCUT2D eigenvalue weighted by Gasteiger charge is 2.35. The van der Waals surface area contributed by atoms with E-state index in [1.165, 1.54) is 36.1 Å². The van der Waals surface area contributed by atoms with Crippen LogP contribution >= 0.6 is 0 Å². The van der Waals surface area contributed by atoms with Crippen LogP contribution in [-0.4, -0.2) is 29.3 Å². The molecule has 5 nitrogen and oxygen atoms in total. The van der Waals surface area contributed by atoms with Gasteiger partial charge < -0.3 is 20.1 Å². The number of nitrogens with zero attached hydrogens (tertiary/aromatic N) is 1. The zero-order chi connectivity index (χ0) is 17.2. The Kier molecular flexibility index (Phi) is 4.65. The molecule has 0 radical (unpaired) electrons. The van der Waals surface area contributed by atoms with Crippen molar-refractivity contribution in [3.8, 4) is 17.0 Å². The van der Waals surface area contributed by atoms with Gasteiger partial charge in [0.25, 0.3) is 0 Å². The average molecular weight is 328 g/mol. The summed E-state index contributed by atoms with van der Waals surface area (Å²) in [6.45, 7) is -0.261. The lowest BCUT2D eigenvalue weighted by molar-refractivity contribution is -0.137. The summed E-state index contributed by atoms with van der Waals surface area (Å²) in [7, 11) is 1.27. The summed E-state index contributed by atoms with van der Waals surface area (Å²) in [5.41, 5.74) is 4.37. The van der Waals surface area contributed by atoms with E-state index in [-0.39, 0.29) is 35.7 Å². The van der Waals surface area contributed by atoms with Crippen molar-refractivity contribution < 1.29 is 27.8 Å². The summed E-state index contributed by atoms with van der Waals surface area (Å²) in [6.07, 6.45) is -3.29. The average Bonchev–Trinajstić information content (AvgIpc) is 2.90. The maximum Gasteiger partial charge on any atom is 0.417 e. The molecule has 1 aromatic heterocycles. The van der Waals surface area contributed by atoms with E-state index in [4.69, 9.17) is 15.6 Å². The lowest BCUT2D eigenvalue weighted by Gasteiger charge is -2.16. The predicted molar refractivity (Wildman–Crippen MR) is 77.0 cm³/mol. The molecule has 2 aromatic rings. The molecule has 0 atom stereocenters. The van der Waals surface area contributed by atoms with Gasteiger partial charge >= 0.3 is 6.18 Å². The molecule has 23 heavy (non-hydrogen) atoms. The molecule has 124 valence electrons. The minimum absolute atomic E-state index is 0.0337. The molecule has 1 heterocycles. The van der Waals surface area contributed by atoms with Crippen molar-refractivity contribution in [1.82, 2.24) is 4.57 Å². The van der Waals surface area contributed by atoms with Crippen molar-refractivity contribution in [3.05, 3.63) is 41.6 Å². The minimum Gasteiger partial charge on any atom is -0.497 e. The first-order valence-electron chi connectivity index (χ1n) is 6.64. The van der Waals surface area contributed by atoms with Crippen molar-refractivity contribution in [3.63, 3.8) is 0 Å². The molecule has 0 spiro atoms. The molecule has 0 aliphatic heterocycles. The van der Waals surface area contributed by atoms with E-state index >= 15 is 0 Å². The van der Waals surface area contributed by atoms with Crippen LogP contribution in [0.1, 0.15) is 15.9 Å². The Hall–Kier alpha value is -2.48. The normalized spacial score (nSPS) is 11.5. The second kappa shape index (κ2) is 6.33. The van der Waals surface area contributed by atoms with Gasteiger partial charge in [0, 0.05) is 24.0 Å². The molecule has 0 aliphatic rings. The Bertz CT molecular complexity index is 723. The third-order valence-corrected chi connectivity index (χ3v) is 3.33. The summed E-state index contributed by atoms with van der Waals surface area (Å²) >= 11 is 0. The summed E-state index contributed by atoms with van der Waals surface area (Å²) in [4.78, 5) is 11.3. The van der Waals surface area contributed by atoms with Crippen LogP contribution in [0.2, 0.25) is 0 Å². The van der Waals surface area contributed by atoms with Crippen LogP contribution in [0.5, 0.6) is 5.75 Å². The standard InChI is InChI=1S/C15H15F3N2O3/c1-23-10-2-3-11(12(7-10)15(16,17)18)13-6-9(14(19)22)8-20(13)4-5-21/h2-3,6-8,21H,4-5H2,1H3,(H2,19,22). The fourth-order valence-electron chi connectivity index (χ4n) is 2.27. The van der Waals surface area contributed by atoms with Crippen LogP contribution < -0.4 is 10.5 Å². The molecule has 1 amide bonds. The predicted octanol–water partition coefficient (Wildman–Crippen LogP) is 2.27. The number of aliphatic hydroxyl groups is 1. The maximum atomic E-state index is 13.3. The second-order valence-corrected chi connectivity index (χ2v) is 4.80. The lowest BCUT2D eigenvalue weighted by atomic mass is 10.0. The highest BCUT2D eigenvalue weighted by atomic mass is 19.4. The molecule has 0 saturated heterocycles. The van der Waals surface area contributed by atoms with E-state index in [0.29, 0.717) is 0 Å². The van der Waals surface area contributed by atoms with Gasteiger partial charge in [-0.3, -0.25) is 4.79 Å². The molecule has 2 rings (SSSR count). The number of amides is 1. The highest BCUT2D eigenvalue weighted by Crippen LogP contribution is 2.39. The molecule has 1 aromatic carbocycles. The van der Waals surface area contributed by atoms with Crippen molar-refractivity contribution in [2.24, 2.45) is 5.73 Å². The molecule has 0 aliphatic carbocycles.